The number of aliphatic hydroxyl groups excluding tert-OH is 1. The van der Waals surface area contributed by atoms with Gasteiger partial charge in [-0.25, -0.2) is 9.97 Å². The first-order valence-corrected chi connectivity index (χ1v) is 8.61. The first kappa shape index (κ1) is 17.4. The van der Waals surface area contributed by atoms with Crippen LogP contribution in [0.2, 0.25) is 0 Å². The van der Waals surface area contributed by atoms with E-state index in [2.05, 4.69) is 57.1 Å². The molecule has 0 bridgehead atoms. The highest BCUT2D eigenvalue weighted by Crippen LogP contribution is 2.30. The molecule has 0 saturated carbocycles. The van der Waals surface area contributed by atoms with Crippen molar-refractivity contribution in [2.24, 2.45) is 0 Å². The summed E-state index contributed by atoms with van der Waals surface area (Å²) in [5.41, 5.74) is 10.3. The van der Waals surface area contributed by atoms with Crippen molar-refractivity contribution in [3.63, 3.8) is 0 Å². The van der Waals surface area contributed by atoms with E-state index in [4.69, 9.17) is 10.8 Å². The first-order valence-electron chi connectivity index (χ1n) is 8.61. The lowest BCUT2D eigenvalue weighted by Gasteiger charge is -2.35. The predicted molar refractivity (Wildman–Crippen MR) is 101 cm³/mol. The van der Waals surface area contributed by atoms with Gasteiger partial charge in [-0.05, 0) is 31.0 Å². The predicted octanol–water partition coefficient (Wildman–Crippen LogP) is 1.53. The molecule has 134 valence electrons. The van der Waals surface area contributed by atoms with Crippen molar-refractivity contribution in [1.82, 2.24) is 14.9 Å². The molecule has 0 unspecified atom stereocenters. The number of β-amino-alcohol motifs (C(OH)–C–C–N with tert-alkyl or cyclic N) is 1. The Morgan fingerprint density at radius 1 is 1.16 bits per heavy atom. The summed E-state index contributed by atoms with van der Waals surface area (Å²) in [6.45, 7) is 8.49. The van der Waals surface area contributed by atoms with E-state index < -0.39 is 0 Å². The lowest BCUT2D eigenvalue weighted by atomic mass is 10.1. The van der Waals surface area contributed by atoms with E-state index in [1.807, 2.05) is 0 Å². The average Bonchev–Trinajstić information content (AvgIpc) is 2.61. The van der Waals surface area contributed by atoms with Crippen LogP contribution in [0.3, 0.4) is 0 Å². The minimum Gasteiger partial charge on any atom is -0.395 e. The Balaban J connectivity index is 1.77. The van der Waals surface area contributed by atoms with Crippen LogP contribution in [0, 0.1) is 13.8 Å². The van der Waals surface area contributed by atoms with Crippen LogP contribution in [-0.4, -0.2) is 59.3 Å². The van der Waals surface area contributed by atoms with E-state index in [0.29, 0.717) is 18.1 Å². The molecular formula is C18H26N6O. The first-order chi connectivity index (χ1) is 12.1. The summed E-state index contributed by atoms with van der Waals surface area (Å²) in [5.74, 6) is 1.41. The quantitative estimate of drug-likeness (QED) is 0.759. The number of aryl methyl sites for hydroxylation is 2. The highest BCUT2D eigenvalue weighted by atomic mass is 16.3. The summed E-state index contributed by atoms with van der Waals surface area (Å²) in [5, 5.41) is 12.4. The highest BCUT2D eigenvalue weighted by Gasteiger charge is 2.21. The molecule has 1 aromatic heterocycles. The highest BCUT2D eigenvalue weighted by molar-refractivity contribution is 5.79. The van der Waals surface area contributed by atoms with Gasteiger partial charge in [0.15, 0.2) is 11.6 Å². The topological polar surface area (TPSA) is 90.5 Å². The number of nitrogen functional groups attached to an aromatic ring is 1. The molecule has 25 heavy (non-hydrogen) atoms. The number of nitrogens with two attached hydrogens (primary N) is 1. The third kappa shape index (κ3) is 4.00. The molecule has 0 atom stereocenters. The lowest BCUT2D eigenvalue weighted by Crippen LogP contribution is -2.47. The van der Waals surface area contributed by atoms with Crippen molar-refractivity contribution in [2.45, 2.75) is 13.8 Å². The summed E-state index contributed by atoms with van der Waals surface area (Å²) in [6.07, 6.45) is 1.55. The number of rotatable bonds is 5. The average molecular weight is 342 g/mol. The molecule has 0 aliphatic carbocycles. The van der Waals surface area contributed by atoms with Gasteiger partial charge in [0.05, 0.1) is 6.61 Å². The molecule has 2 aromatic rings. The molecular weight excluding hydrogens is 316 g/mol. The van der Waals surface area contributed by atoms with Crippen LogP contribution in [0.4, 0.5) is 23.0 Å². The maximum Gasteiger partial charge on any atom is 0.159 e. The zero-order valence-electron chi connectivity index (χ0n) is 14.9. The summed E-state index contributed by atoms with van der Waals surface area (Å²) in [6, 6.07) is 6.25. The van der Waals surface area contributed by atoms with Gasteiger partial charge in [0, 0.05) is 38.4 Å². The van der Waals surface area contributed by atoms with Gasteiger partial charge < -0.3 is 21.1 Å². The summed E-state index contributed by atoms with van der Waals surface area (Å²) >= 11 is 0. The standard InChI is InChI=1S/C18H26N6O/c1-13-3-4-14(2)15(11-13)22-17-16(19)18(21-12-20-17)24-7-5-23(6-8-24)9-10-25/h3-4,11-12,25H,5-10,19H2,1-2H3,(H,20,21,22). The van der Waals surface area contributed by atoms with Crippen LogP contribution >= 0.6 is 0 Å². The number of anilines is 4. The number of hydrogen-bond donors (Lipinski definition) is 3. The molecule has 0 radical (unpaired) electrons. The normalized spacial score (nSPS) is 15.4. The molecule has 0 amide bonds. The number of nitrogens with zero attached hydrogens (tertiary/aromatic N) is 4. The third-order valence-corrected chi connectivity index (χ3v) is 4.60. The second kappa shape index (κ2) is 7.67. The summed E-state index contributed by atoms with van der Waals surface area (Å²) < 4.78 is 0. The van der Waals surface area contributed by atoms with Crippen molar-refractivity contribution < 1.29 is 5.11 Å². The molecule has 1 fully saturated rings. The Hall–Kier alpha value is -2.38. The molecule has 7 nitrogen and oxygen atoms in total. The van der Waals surface area contributed by atoms with Crippen molar-refractivity contribution >= 4 is 23.0 Å². The molecule has 1 aliphatic heterocycles. The van der Waals surface area contributed by atoms with Crippen LogP contribution in [0.1, 0.15) is 11.1 Å². The molecule has 2 heterocycles. The minimum absolute atomic E-state index is 0.194. The molecule has 0 spiro atoms. The maximum atomic E-state index is 9.06. The molecule has 1 aromatic carbocycles. The van der Waals surface area contributed by atoms with Gasteiger partial charge in [-0.3, -0.25) is 4.90 Å². The largest absolute Gasteiger partial charge is 0.395 e. The zero-order chi connectivity index (χ0) is 17.8. The van der Waals surface area contributed by atoms with E-state index in [1.54, 1.807) is 6.33 Å². The van der Waals surface area contributed by atoms with Gasteiger partial charge >= 0.3 is 0 Å². The van der Waals surface area contributed by atoms with Crippen molar-refractivity contribution in [1.29, 1.82) is 0 Å². The fraction of sp³-hybridized carbons (Fsp3) is 0.444. The van der Waals surface area contributed by atoms with Crippen LogP contribution in [-0.2, 0) is 0 Å². The number of nitrogens with one attached hydrogen (secondary N) is 1. The van der Waals surface area contributed by atoms with Crippen molar-refractivity contribution in [2.75, 3.05) is 55.3 Å². The molecule has 1 saturated heterocycles. The van der Waals surface area contributed by atoms with Crippen LogP contribution in [0.15, 0.2) is 24.5 Å². The van der Waals surface area contributed by atoms with E-state index in [9.17, 15) is 0 Å². The molecule has 4 N–H and O–H groups in total. The Bertz CT molecular complexity index is 728. The summed E-state index contributed by atoms with van der Waals surface area (Å²) in [4.78, 5) is 13.1. The molecule has 3 rings (SSSR count). The maximum absolute atomic E-state index is 9.06. The van der Waals surface area contributed by atoms with Gasteiger partial charge in [0.2, 0.25) is 0 Å². The minimum atomic E-state index is 0.194. The summed E-state index contributed by atoms with van der Waals surface area (Å²) in [7, 11) is 0. The van der Waals surface area contributed by atoms with E-state index in [0.717, 1.165) is 43.2 Å². The number of hydrogen-bond acceptors (Lipinski definition) is 7. The Morgan fingerprint density at radius 2 is 1.92 bits per heavy atom. The fourth-order valence-corrected chi connectivity index (χ4v) is 3.06. The van der Waals surface area contributed by atoms with E-state index in [-0.39, 0.29) is 6.61 Å². The van der Waals surface area contributed by atoms with Gasteiger partial charge in [0.25, 0.3) is 0 Å². The Labute approximate surface area is 148 Å². The van der Waals surface area contributed by atoms with Crippen LogP contribution in [0.5, 0.6) is 0 Å². The van der Waals surface area contributed by atoms with E-state index >= 15 is 0 Å². The van der Waals surface area contributed by atoms with Gasteiger partial charge in [-0.2, -0.15) is 0 Å². The van der Waals surface area contributed by atoms with Crippen molar-refractivity contribution in [3.05, 3.63) is 35.7 Å². The number of piperazine rings is 1. The Kier molecular flexibility index (Phi) is 5.35. The lowest BCUT2D eigenvalue weighted by molar-refractivity contribution is 0.188. The van der Waals surface area contributed by atoms with Gasteiger partial charge in [-0.15, -0.1) is 0 Å². The van der Waals surface area contributed by atoms with Gasteiger partial charge in [-0.1, -0.05) is 12.1 Å². The SMILES string of the molecule is Cc1ccc(C)c(Nc2ncnc(N3CCN(CCO)CC3)c2N)c1. The monoisotopic (exact) mass is 342 g/mol. The third-order valence-electron chi connectivity index (χ3n) is 4.60. The molecule has 7 heteroatoms. The van der Waals surface area contributed by atoms with Crippen molar-refractivity contribution in [3.8, 4) is 0 Å². The number of benzene rings is 1. The smallest absolute Gasteiger partial charge is 0.159 e. The second-order valence-corrected chi connectivity index (χ2v) is 6.46. The fourth-order valence-electron chi connectivity index (χ4n) is 3.06. The van der Waals surface area contributed by atoms with Crippen LogP contribution < -0.4 is 16.0 Å². The second-order valence-electron chi connectivity index (χ2n) is 6.46. The Morgan fingerprint density at radius 3 is 2.64 bits per heavy atom. The van der Waals surface area contributed by atoms with E-state index in [1.165, 1.54) is 5.56 Å². The number of aliphatic hydroxyl groups is 1. The van der Waals surface area contributed by atoms with Gasteiger partial charge in [0.1, 0.15) is 12.0 Å². The molecule has 1 aliphatic rings. The zero-order valence-corrected chi connectivity index (χ0v) is 14.9. The van der Waals surface area contributed by atoms with Crippen LogP contribution in [0.25, 0.3) is 0 Å². The number of aromatic nitrogens is 2.